The average molecular weight is 367 g/mol. The van der Waals surface area contributed by atoms with Gasteiger partial charge < -0.3 is 30.5 Å². The summed E-state index contributed by atoms with van der Waals surface area (Å²) in [6, 6.07) is 0.284. The first kappa shape index (κ1) is 19.0. The largest absolute Gasteiger partial charge is 0.469 e. The molecular formula is C11H18N3O9P. The van der Waals surface area contributed by atoms with E-state index in [1.165, 1.54) is 6.92 Å². The highest BCUT2D eigenvalue weighted by atomic mass is 31.2. The van der Waals surface area contributed by atoms with Crippen molar-refractivity contribution < 1.29 is 33.8 Å². The van der Waals surface area contributed by atoms with E-state index in [1.807, 2.05) is 4.98 Å². The maximum absolute atomic E-state index is 12.1. The van der Waals surface area contributed by atoms with Crippen LogP contribution in [0.4, 0.5) is 0 Å². The lowest BCUT2D eigenvalue weighted by atomic mass is 10.1. The quantitative estimate of drug-likeness (QED) is 0.297. The van der Waals surface area contributed by atoms with Gasteiger partial charge in [0.15, 0.2) is 6.23 Å². The van der Waals surface area contributed by atoms with E-state index in [0.29, 0.717) is 0 Å². The smallest absolute Gasteiger partial charge is 0.387 e. The number of aliphatic hydroxyl groups excluding tert-OH is 2. The highest BCUT2D eigenvalue weighted by Crippen LogP contribution is 2.38. The number of aliphatic hydroxyl groups is 2. The summed E-state index contributed by atoms with van der Waals surface area (Å²) >= 11 is 0. The molecule has 12 nitrogen and oxygen atoms in total. The van der Waals surface area contributed by atoms with Crippen molar-refractivity contribution in [2.75, 3.05) is 6.61 Å². The molecule has 0 saturated carbocycles. The Labute approximate surface area is 134 Å². The fourth-order valence-electron chi connectivity index (χ4n) is 2.39. The summed E-state index contributed by atoms with van der Waals surface area (Å²) in [7, 11) is -4.81. The molecule has 0 amide bonds. The summed E-state index contributed by atoms with van der Waals surface area (Å²) < 4.78 is 21.1. The van der Waals surface area contributed by atoms with Gasteiger partial charge in [-0.3, -0.25) is 18.9 Å². The van der Waals surface area contributed by atoms with Crippen LogP contribution < -0.4 is 17.0 Å². The lowest BCUT2D eigenvalue weighted by Crippen LogP contribution is -2.40. The number of aromatic nitrogens is 2. The Kier molecular flexibility index (Phi) is 5.42. The molecule has 1 saturated heterocycles. The van der Waals surface area contributed by atoms with Crippen molar-refractivity contribution in [2.45, 2.75) is 37.5 Å². The van der Waals surface area contributed by atoms with Gasteiger partial charge in [-0.15, -0.1) is 0 Å². The number of ether oxygens (including phenoxy) is 1. The van der Waals surface area contributed by atoms with E-state index in [1.54, 1.807) is 0 Å². The molecule has 0 radical (unpaired) electrons. The Bertz CT molecular complexity index is 754. The number of phosphoric ester groups is 1. The van der Waals surface area contributed by atoms with Gasteiger partial charge in [0.2, 0.25) is 0 Å². The molecule has 7 N–H and O–H groups in total. The summed E-state index contributed by atoms with van der Waals surface area (Å²) in [6.07, 6.45) is -5.93. The molecule has 1 aliphatic rings. The molecule has 0 unspecified atom stereocenters. The van der Waals surface area contributed by atoms with Crippen molar-refractivity contribution >= 4 is 7.82 Å². The van der Waals surface area contributed by atoms with Crippen molar-refractivity contribution in [1.82, 2.24) is 9.55 Å². The minimum atomic E-state index is -4.81. The third kappa shape index (κ3) is 3.99. The first-order valence-electron chi connectivity index (χ1n) is 6.84. The van der Waals surface area contributed by atoms with Gasteiger partial charge in [0.05, 0.1) is 6.61 Å². The van der Waals surface area contributed by atoms with Crippen LogP contribution in [0.25, 0.3) is 0 Å². The molecule has 2 rings (SSSR count). The number of nitrogens with one attached hydrogen (secondary N) is 1. The van der Waals surface area contributed by atoms with E-state index in [-0.39, 0.29) is 5.69 Å². The number of H-pyrrole nitrogens is 1. The van der Waals surface area contributed by atoms with Gasteiger partial charge in [0, 0.05) is 17.8 Å². The van der Waals surface area contributed by atoms with Gasteiger partial charge in [0.25, 0.3) is 5.56 Å². The van der Waals surface area contributed by atoms with Gasteiger partial charge in [-0.2, -0.15) is 0 Å². The van der Waals surface area contributed by atoms with Crippen LogP contribution in [0.1, 0.15) is 24.9 Å². The Morgan fingerprint density at radius 3 is 2.58 bits per heavy atom. The molecule has 0 aromatic carbocycles. The second-order valence-electron chi connectivity index (χ2n) is 5.35. The standard InChI is InChI=1S/C11H18N3O9P/c1-4(12)5-2-7(15)13-11(18)14(5)10-9(17)8(16)6(23-10)3-22-24(19,20)21/h2,4,6,8-10,16-17H,3,12H2,1H3,(H,13,15,18)(H2,19,20,21)/t4-,6-,8-,9-,10-/m1/s1. The van der Waals surface area contributed by atoms with E-state index in [0.717, 1.165) is 10.6 Å². The molecule has 0 aliphatic carbocycles. The molecule has 136 valence electrons. The van der Waals surface area contributed by atoms with Gasteiger partial charge in [-0.1, -0.05) is 0 Å². The Balaban J connectivity index is 2.35. The van der Waals surface area contributed by atoms with Crippen LogP contribution in [-0.2, 0) is 13.8 Å². The lowest BCUT2D eigenvalue weighted by Gasteiger charge is -2.22. The van der Waals surface area contributed by atoms with Crippen molar-refractivity contribution in [3.8, 4) is 0 Å². The van der Waals surface area contributed by atoms with Crippen molar-refractivity contribution in [3.05, 3.63) is 32.6 Å². The first-order valence-corrected chi connectivity index (χ1v) is 8.37. The molecule has 13 heteroatoms. The fourth-order valence-corrected chi connectivity index (χ4v) is 2.73. The highest BCUT2D eigenvalue weighted by molar-refractivity contribution is 7.46. The van der Waals surface area contributed by atoms with Gasteiger partial charge in [-0.25, -0.2) is 9.36 Å². The van der Waals surface area contributed by atoms with Crippen molar-refractivity contribution in [3.63, 3.8) is 0 Å². The Morgan fingerprint density at radius 2 is 2.04 bits per heavy atom. The van der Waals surface area contributed by atoms with Gasteiger partial charge in [-0.05, 0) is 6.92 Å². The Morgan fingerprint density at radius 1 is 1.42 bits per heavy atom. The second-order valence-corrected chi connectivity index (χ2v) is 6.59. The van der Waals surface area contributed by atoms with Gasteiger partial charge >= 0.3 is 13.5 Å². The van der Waals surface area contributed by atoms with Crippen LogP contribution >= 0.6 is 7.82 Å². The number of rotatable bonds is 5. The molecule has 1 aromatic rings. The SMILES string of the molecule is C[C@@H](N)c1cc(=O)[nH]c(=O)n1[C@@H]1O[C@H](COP(=O)(O)O)[C@@H](O)[C@H]1O. The molecule has 24 heavy (non-hydrogen) atoms. The molecule has 0 bridgehead atoms. The van der Waals surface area contributed by atoms with Crippen LogP contribution in [0.15, 0.2) is 15.7 Å². The summed E-state index contributed by atoms with van der Waals surface area (Å²) in [5.41, 5.74) is 4.15. The number of phosphoric acid groups is 1. The van der Waals surface area contributed by atoms with E-state index in [4.69, 9.17) is 20.3 Å². The molecular weight excluding hydrogens is 349 g/mol. The fraction of sp³-hybridized carbons (Fsp3) is 0.636. The molecule has 1 fully saturated rings. The topological polar surface area (TPSA) is 197 Å². The number of hydrogen-bond acceptors (Lipinski definition) is 8. The molecule has 2 heterocycles. The minimum Gasteiger partial charge on any atom is -0.387 e. The van der Waals surface area contributed by atoms with E-state index in [2.05, 4.69) is 4.52 Å². The molecule has 5 atom stereocenters. The zero-order valence-corrected chi connectivity index (χ0v) is 13.4. The Hall–Kier alpha value is -1.37. The maximum Gasteiger partial charge on any atom is 0.469 e. The average Bonchev–Trinajstić information content (AvgIpc) is 2.71. The van der Waals surface area contributed by atoms with Crippen molar-refractivity contribution in [2.24, 2.45) is 5.73 Å². The second kappa shape index (κ2) is 6.86. The van der Waals surface area contributed by atoms with Gasteiger partial charge in [0.1, 0.15) is 18.3 Å². The monoisotopic (exact) mass is 367 g/mol. The third-order valence-electron chi connectivity index (χ3n) is 3.47. The third-order valence-corrected chi connectivity index (χ3v) is 3.96. The minimum absolute atomic E-state index is 0.0524. The predicted octanol–water partition coefficient (Wildman–Crippen LogP) is -2.72. The van der Waals surface area contributed by atoms with Crippen molar-refractivity contribution in [1.29, 1.82) is 0 Å². The number of aromatic amines is 1. The van der Waals surface area contributed by atoms with Crippen LogP contribution in [0.5, 0.6) is 0 Å². The summed E-state index contributed by atoms with van der Waals surface area (Å²) in [5, 5.41) is 20.0. The van der Waals surface area contributed by atoms with Crippen LogP contribution in [0, 0.1) is 0 Å². The number of nitrogens with zero attached hydrogens (tertiary/aromatic N) is 1. The summed E-state index contributed by atoms with van der Waals surface area (Å²) in [4.78, 5) is 42.8. The number of nitrogens with two attached hydrogens (primary N) is 1. The van der Waals surface area contributed by atoms with Crippen LogP contribution in [-0.4, -0.2) is 54.5 Å². The van der Waals surface area contributed by atoms with E-state index < -0.39 is 56.3 Å². The van der Waals surface area contributed by atoms with Crippen LogP contribution in [0.3, 0.4) is 0 Å². The zero-order chi connectivity index (χ0) is 18.2. The summed E-state index contributed by atoms with van der Waals surface area (Å²) in [5.74, 6) is 0. The molecule has 1 aliphatic heterocycles. The normalized spacial score (nSPS) is 28.9. The van der Waals surface area contributed by atoms with E-state index in [9.17, 15) is 24.4 Å². The highest BCUT2D eigenvalue weighted by Gasteiger charge is 2.45. The van der Waals surface area contributed by atoms with E-state index >= 15 is 0 Å². The number of hydrogen-bond donors (Lipinski definition) is 6. The predicted molar refractivity (Wildman–Crippen MR) is 77.8 cm³/mol. The zero-order valence-electron chi connectivity index (χ0n) is 12.5. The lowest BCUT2D eigenvalue weighted by molar-refractivity contribution is -0.0558. The molecule has 0 spiro atoms. The molecule has 1 aromatic heterocycles. The first-order chi connectivity index (χ1) is 11.0. The maximum atomic E-state index is 12.1. The summed E-state index contributed by atoms with van der Waals surface area (Å²) in [6.45, 7) is 0.779. The van der Waals surface area contributed by atoms with Crippen LogP contribution in [0.2, 0.25) is 0 Å².